The molecule has 0 unspecified atom stereocenters. The van der Waals surface area contributed by atoms with Gasteiger partial charge in [-0.25, -0.2) is 4.39 Å². The highest BCUT2D eigenvalue weighted by Gasteiger charge is 2.16. The maximum Gasteiger partial charge on any atom is 0.191 e. The molecule has 0 spiro atoms. The topological polar surface area (TPSA) is 55.8 Å². The van der Waals surface area contributed by atoms with E-state index in [1.54, 1.807) is 13.2 Å². The maximum absolute atomic E-state index is 13.0. The summed E-state index contributed by atoms with van der Waals surface area (Å²) in [5.41, 5.74) is 2.07. The van der Waals surface area contributed by atoms with Gasteiger partial charge in [-0.2, -0.15) is 0 Å². The Labute approximate surface area is 183 Å². The standard InChI is InChI=1S/C20H27FN6.HI/c1-22-20(25-16-18-4-2-3-9-23-18)24-10-11-26-12-14-27(15-13-26)19-7-5-17(21)6-8-19;/h2-9H,10-16H2,1H3,(H2,22,24,25);1H. The van der Waals surface area contributed by atoms with Crippen LogP contribution in [0, 0.1) is 5.82 Å². The van der Waals surface area contributed by atoms with E-state index in [1.165, 1.54) is 12.1 Å². The molecule has 2 N–H and O–H groups in total. The van der Waals surface area contributed by atoms with Gasteiger partial charge in [-0.3, -0.25) is 14.9 Å². The zero-order chi connectivity index (χ0) is 18.9. The van der Waals surface area contributed by atoms with Gasteiger partial charge in [0, 0.05) is 58.2 Å². The minimum atomic E-state index is -0.187. The monoisotopic (exact) mass is 498 g/mol. The summed E-state index contributed by atoms with van der Waals surface area (Å²) in [7, 11) is 1.77. The van der Waals surface area contributed by atoms with Crippen LogP contribution in [0.15, 0.2) is 53.7 Å². The fourth-order valence-electron chi connectivity index (χ4n) is 3.11. The number of benzene rings is 1. The van der Waals surface area contributed by atoms with Crippen LogP contribution in [0.2, 0.25) is 0 Å². The zero-order valence-electron chi connectivity index (χ0n) is 16.1. The van der Waals surface area contributed by atoms with Crippen molar-refractivity contribution in [3.63, 3.8) is 0 Å². The quantitative estimate of drug-likeness (QED) is 0.364. The van der Waals surface area contributed by atoms with E-state index in [9.17, 15) is 4.39 Å². The number of aliphatic imine (C=N–C) groups is 1. The Morgan fingerprint density at radius 3 is 2.46 bits per heavy atom. The Morgan fingerprint density at radius 1 is 1.07 bits per heavy atom. The van der Waals surface area contributed by atoms with Crippen LogP contribution in [0.1, 0.15) is 5.69 Å². The molecule has 1 aliphatic heterocycles. The van der Waals surface area contributed by atoms with Crippen LogP contribution in [0.25, 0.3) is 0 Å². The molecular weight excluding hydrogens is 470 g/mol. The molecular formula is C20H28FIN6. The normalized spacial score (nSPS) is 15.1. The van der Waals surface area contributed by atoms with Crippen LogP contribution in [0.4, 0.5) is 10.1 Å². The molecule has 1 aromatic carbocycles. The second kappa shape index (κ2) is 11.8. The summed E-state index contributed by atoms with van der Waals surface area (Å²) in [5.74, 6) is 0.596. The predicted octanol–water partition coefficient (Wildman–Crippen LogP) is 2.33. The molecule has 152 valence electrons. The van der Waals surface area contributed by atoms with Crippen LogP contribution < -0.4 is 15.5 Å². The number of anilines is 1. The molecule has 1 fully saturated rings. The number of guanidine groups is 1. The number of hydrogen-bond acceptors (Lipinski definition) is 4. The Morgan fingerprint density at radius 2 is 1.82 bits per heavy atom. The van der Waals surface area contributed by atoms with Gasteiger partial charge in [0.25, 0.3) is 0 Å². The predicted molar refractivity (Wildman–Crippen MR) is 123 cm³/mol. The molecule has 0 atom stereocenters. The molecule has 28 heavy (non-hydrogen) atoms. The van der Waals surface area contributed by atoms with E-state index in [4.69, 9.17) is 0 Å². The highest BCUT2D eigenvalue weighted by Crippen LogP contribution is 2.16. The Kier molecular flexibility index (Phi) is 9.42. The van der Waals surface area contributed by atoms with E-state index < -0.39 is 0 Å². The molecule has 0 saturated carbocycles. The number of rotatable bonds is 6. The second-order valence-electron chi connectivity index (χ2n) is 6.48. The summed E-state index contributed by atoms with van der Waals surface area (Å²) < 4.78 is 13.0. The lowest BCUT2D eigenvalue weighted by Crippen LogP contribution is -2.49. The summed E-state index contributed by atoms with van der Waals surface area (Å²) in [6.45, 7) is 6.35. The average molecular weight is 498 g/mol. The third kappa shape index (κ3) is 6.90. The highest BCUT2D eigenvalue weighted by atomic mass is 127. The Hall–Kier alpha value is -1.94. The average Bonchev–Trinajstić information content (AvgIpc) is 2.72. The summed E-state index contributed by atoms with van der Waals surface area (Å²) in [4.78, 5) is 13.3. The van der Waals surface area contributed by atoms with Crippen molar-refractivity contribution < 1.29 is 4.39 Å². The molecule has 1 aromatic heterocycles. The molecule has 0 radical (unpaired) electrons. The lowest BCUT2D eigenvalue weighted by atomic mass is 10.2. The van der Waals surface area contributed by atoms with Gasteiger partial charge in [-0.15, -0.1) is 24.0 Å². The smallest absolute Gasteiger partial charge is 0.191 e. The van der Waals surface area contributed by atoms with Gasteiger partial charge in [0.15, 0.2) is 5.96 Å². The second-order valence-corrected chi connectivity index (χ2v) is 6.48. The lowest BCUT2D eigenvalue weighted by molar-refractivity contribution is 0.261. The summed E-state index contributed by atoms with van der Waals surface area (Å²) in [6, 6.07) is 12.6. The zero-order valence-corrected chi connectivity index (χ0v) is 18.5. The minimum Gasteiger partial charge on any atom is -0.369 e. The van der Waals surface area contributed by atoms with Gasteiger partial charge < -0.3 is 15.5 Å². The first-order chi connectivity index (χ1) is 13.2. The molecule has 6 nitrogen and oxygen atoms in total. The van der Waals surface area contributed by atoms with Crippen LogP contribution in [0.3, 0.4) is 0 Å². The van der Waals surface area contributed by atoms with Gasteiger partial charge >= 0.3 is 0 Å². The first-order valence-electron chi connectivity index (χ1n) is 9.32. The number of nitrogens with one attached hydrogen (secondary N) is 2. The molecule has 2 aromatic rings. The van der Waals surface area contributed by atoms with Crippen LogP contribution in [-0.2, 0) is 6.54 Å². The summed E-state index contributed by atoms with van der Waals surface area (Å²) >= 11 is 0. The van der Waals surface area contributed by atoms with Gasteiger partial charge in [0.05, 0.1) is 12.2 Å². The maximum atomic E-state index is 13.0. The van der Waals surface area contributed by atoms with E-state index in [2.05, 4.69) is 30.4 Å². The van der Waals surface area contributed by atoms with Crippen molar-refractivity contribution in [1.82, 2.24) is 20.5 Å². The third-order valence-corrected chi connectivity index (χ3v) is 4.67. The number of nitrogens with zero attached hydrogens (tertiary/aromatic N) is 4. The van der Waals surface area contributed by atoms with Gasteiger partial charge in [-0.1, -0.05) is 6.07 Å². The van der Waals surface area contributed by atoms with Crippen molar-refractivity contribution in [2.75, 3.05) is 51.2 Å². The Balaban J connectivity index is 0.00000280. The summed E-state index contributed by atoms with van der Waals surface area (Å²) in [6.07, 6.45) is 1.79. The van der Waals surface area contributed by atoms with Crippen LogP contribution in [-0.4, -0.2) is 62.2 Å². The van der Waals surface area contributed by atoms with E-state index in [0.717, 1.165) is 56.6 Å². The van der Waals surface area contributed by atoms with Crippen molar-refractivity contribution in [3.8, 4) is 0 Å². The first-order valence-corrected chi connectivity index (χ1v) is 9.32. The first kappa shape index (κ1) is 22.4. The molecule has 2 heterocycles. The number of halogens is 2. The van der Waals surface area contributed by atoms with E-state index in [0.29, 0.717) is 6.54 Å². The van der Waals surface area contributed by atoms with Crippen LogP contribution in [0.5, 0.6) is 0 Å². The van der Waals surface area contributed by atoms with Gasteiger partial charge in [0.2, 0.25) is 0 Å². The molecule has 3 rings (SSSR count). The Bertz CT molecular complexity index is 717. The molecule has 0 aliphatic carbocycles. The lowest BCUT2D eigenvalue weighted by Gasteiger charge is -2.36. The fraction of sp³-hybridized carbons (Fsp3) is 0.400. The van der Waals surface area contributed by atoms with Crippen molar-refractivity contribution >= 4 is 35.6 Å². The third-order valence-electron chi connectivity index (χ3n) is 4.67. The minimum absolute atomic E-state index is 0. The number of pyridine rings is 1. The van der Waals surface area contributed by atoms with E-state index in [-0.39, 0.29) is 29.8 Å². The van der Waals surface area contributed by atoms with E-state index >= 15 is 0 Å². The molecule has 1 saturated heterocycles. The highest BCUT2D eigenvalue weighted by molar-refractivity contribution is 14.0. The number of hydrogen-bond donors (Lipinski definition) is 2. The van der Waals surface area contributed by atoms with Crippen molar-refractivity contribution in [3.05, 3.63) is 60.2 Å². The summed E-state index contributed by atoms with van der Waals surface area (Å²) in [5, 5.41) is 6.63. The van der Waals surface area contributed by atoms with Gasteiger partial charge in [-0.05, 0) is 36.4 Å². The van der Waals surface area contributed by atoms with E-state index in [1.807, 2.05) is 30.3 Å². The number of piperazine rings is 1. The van der Waals surface area contributed by atoms with Crippen molar-refractivity contribution in [2.45, 2.75) is 6.54 Å². The fourth-order valence-corrected chi connectivity index (χ4v) is 3.11. The molecule has 1 aliphatic rings. The van der Waals surface area contributed by atoms with Gasteiger partial charge in [0.1, 0.15) is 5.82 Å². The largest absolute Gasteiger partial charge is 0.369 e. The van der Waals surface area contributed by atoms with Crippen LogP contribution >= 0.6 is 24.0 Å². The van der Waals surface area contributed by atoms with Crippen molar-refractivity contribution in [1.29, 1.82) is 0 Å². The molecule has 0 amide bonds. The van der Waals surface area contributed by atoms with Crippen molar-refractivity contribution in [2.24, 2.45) is 4.99 Å². The number of aromatic nitrogens is 1. The SMILES string of the molecule is CN=C(NCCN1CCN(c2ccc(F)cc2)CC1)NCc1ccccn1.I. The molecule has 8 heteroatoms. The molecule has 0 bridgehead atoms.